The van der Waals surface area contributed by atoms with Gasteiger partial charge in [0.15, 0.2) is 0 Å². The number of aliphatic hydroxyl groups is 1. The maximum atomic E-state index is 9.84. The molecule has 1 rings (SSSR count). The molecule has 1 aliphatic rings. The van der Waals surface area contributed by atoms with Crippen molar-refractivity contribution in [2.75, 3.05) is 20.7 Å². The monoisotopic (exact) mass is 201 g/mol. The van der Waals surface area contributed by atoms with Gasteiger partial charge >= 0.3 is 0 Å². The van der Waals surface area contributed by atoms with Crippen molar-refractivity contribution in [3.8, 4) is 0 Å². The molecule has 3 heteroatoms. The molecule has 0 spiro atoms. The van der Waals surface area contributed by atoms with Gasteiger partial charge in [-0.25, -0.2) is 0 Å². The van der Waals surface area contributed by atoms with Gasteiger partial charge in [-0.1, -0.05) is 12.8 Å². The average Bonchev–Trinajstić information content (AvgIpc) is 2.18. The molecule has 1 aliphatic carbocycles. The molecular formula is C11H23NO2. The molecule has 3 nitrogen and oxygen atoms in total. The fraction of sp³-hybridized carbons (Fsp3) is 1.00. The Hall–Kier alpha value is -0.120. The zero-order valence-corrected chi connectivity index (χ0v) is 9.57. The van der Waals surface area contributed by atoms with Crippen LogP contribution in [0.25, 0.3) is 0 Å². The van der Waals surface area contributed by atoms with E-state index in [-0.39, 0.29) is 12.2 Å². The third-order valence-corrected chi connectivity index (χ3v) is 3.21. The largest absolute Gasteiger partial charge is 0.391 e. The Bertz CT molecular complexity index is 163. The number of rotatable bonds is 4. The summed E-state index contributed by atoms with van der Waals surface area (Å²) in [5, 5.41) is 9.84. The van der Waals surface area contributed by atoms with Gasteiger partial charge in [0.1, 0.15) is 0 Å². The molecule has 0 aromatic carbocycles. The fourth-order valence-electron chi connectivity index (χ4n) is 2.22. The number of ether oxygens (including phenoxy) is 1. The van der Waals surface area contributed by atoms with Crippen LogP contribution in [-0.2, 0) is 4.74 Å². The second-order valence-electron chi connectivity index (χ2n) is 4.41. The lowest BCUT2D eigenvalue weighted by molar-refractivity contribution is 0.00497. The van der Waals surface area contributed by atoms with E-state index in [0.717, 1.165) is 19.4 Å². The summed E-state index contributed by atoms with van der Waals surface area (Å²) in [6.45, 7) is 2.96. The Balaban J connectivity index is 2.37. The molecule has 0 saturated heterocycles. The van der Waals surface area contributed by atoms with Crippen molar-refractivity contribution in [3.05, 3.63) is 0 Å². The molecule has 14 heavy (non-hydrogen) atoms. The highest BCUT2D eigenvalue weighted by atomic mass is 16.5. The van der Waals surface area contributed by atoms with Gasteiger partial charge in [-0.2, -0.15) is 0 Å². The molecule has 0 amide bonds. The van der Waals surface area contributed by atoms with Crippen LogP contribution in [0.5, 0.6) is 0 Å². The van der Waals surface area contributed by atoms with E-state index in [0.29, 0.717) is 6.04 Å². The summed E-state index contributed by atoms with van der Waals surface area (Å²) < 4.78 is 5.22. The molecule has 1 fully saturated rings. The van der Waals surface area contributed by atoms with E-state index < -0.39 is 0 Å². The van der Waals surface area contributed by atoms with E-state index in [1.165, 1.54) is 12.8 Å². The summed E-state index contributed by atoms with van der Waals surface area (Å²) in [6.07, 6.45) is 4.59. The molecular weight excluding hydrogens is 178 g/mol. The minimum Gasteiger partial charge on any atom is -0.391 e. The van der Waals surface area contributed by atoms with Crippen LogP contribution in [0.4, 0.5) is 0 Å². The van der Waals surface area contributed by atoms with Crippen molar-refractivity contribution in [1.29, 1.82) is 0 Å². The van der Waals surface area contributed by atoms with Crippen LogP contribution >= 0.6 is 0 Å². The SMILES string of the molecule is COC(C)CN(C)C1CCCCC1O. The molecule has 0 bridgehead atoms. The first kappa shape index (κ1) is 12.0. The van der Waals surface area contributed by atoms with Crippen LogP contribution in [0.15, 0.2) is 0 Å². The Morgan fingerprint density at radius 1 is 1.43 bits per heavy atom. The van der Waals surface area contributed by atoms with Gasteiger partial charge in [0.05, 0.1) is 12.2 Å². The Labute approximate surface area is 87.1 Å². The van der Waals surface area contributed by atoms with Gasteiger partial charge in [0, 0.05) is 19.7 Å². The fourth-order valence-corrected chi connectivity index (χ4v) is 2.22. The van der Waals surface area contributed by atoms with Crippen molar-refractivity contribution in [2.45, 2.75) is 50.9 Å². The summed E-state index contributed by atoms with van der Waals surface area (Å²) in [6, 6.07) is 0.335. The van der Waals surface area contributed by atoms with Crippen LogP contribution in [0.2, 0.25) is 0 Å². The highest BCUT2D eigenvalue weighted by molar-refractivity contribution is 4.82. The van der Waals surface area contributed by atoms with E-state index in [2.05, 4.69) is 18.9 Å². The lowest BCUT2D eigenvalue weighted by Crippen LogP contribution is -2.46. The van der Waals surface area contributed by atoms with Crippen LogP contribution in [-0.4, -0.2) is 49.0 Å². The average molecular weight is 201 g/mol. The lowest BCUT2D eigenvalue weighted by Gasteiger charge is -2.36. The van der Waals surface area contributed by atoms with Crippen molar-refractivity contribution < 1.29 is 9.84 Å². The Morgan fingerprint density at radius 3 is 2.64 bits per heavy atom. The molecule has 0 aromatic rings. The van der Waals surface area contributed by atoms with E-state index in [1.807, 2.05) is 0 Å². The second-order valence-corrected chi connectivity index (χ2v) is 4.41. The topological polar surface area (TPSA) is 32.7 Å². The van der Waals surface area contributed by atoms with Crippen molar-refractivity contribution in [2.24, 2.45) is 0 Å². The Kier molecular flexibility index (Phi) is 4.85. The highest BCUT2D eigenvalue weighted by Gasteiger charge is 2.26. The third kappa shape index (κ3) is 3.23. The summed E-state index contributed by atoms with van der Waals surface area (Å²) in [5.41, 5.74) is 0. The van der Waals surface area contributed by atoms with Gasteiger partial charge in [0.25, 0.3) is 0 Å². The number of likely N-dealkylation sites (N-methyl/N-ethyl adjacent to an activating group) is 1. The number of hydrogen-bond donors (Lipinski definition) is 1. The molecule has 3 atom stereocenters. The number of methoxy groups -OCH3 is 1. The predicted molar refractivity (Wildman–Crippen MR) is 57.4 cm³/mol. The predicted octanol–water partition coefficient (Wildman–Crippen LogP) is 1.26. The molecule has 1 N–H and O–H groups in total. The van der Waals surface area contributed by atoms with E-state index in [1.54, 1.807) is 7.11 Å². The number of nitrogens with zero attached hydrogens (tertiary/aromatic N) is 1. The normalized spacial score (nSPS) is 30.6. The van der Waals surface area contributed by atoms with Crippen molar-refractivity contribution in [3.63, 3.8) is 0 Å². The van der Waals surface area contributed by atoms with E-state index in [9.17, 15) is 5.11 Å². The summed E-state index contributed by atoms with van der Waals surface area (Å²) in [4.78, 5) is 2.23. The quantitative estimate of drug-likeness (QED) is 0.743. The van der Waals surface area contributed by atoms with Gasteiger partial charge in [0.2, 0.25) is 0 Å². The zero-order valence-electron chi connectivity index (χ0n) is 9.57. The first-order chi connectivity index (χ1) is 6.65. The minimum atomic E-state index is -0.141. The van der Waals surface area contributed by atoms with Gasteiger partial charge in [-0.05, 0) is 26.8 Å². The van der Waals surface area contributed by atoms with Crippen LogP contribution in [0.1, 0.15) is 32.6 Å². The van der Waals surface area contributed by atoms with Crippen LogP contribution in [0.3, 0.4) is 0 Å². The van der Waals surface area contributed by atoms with Crippen molar-refractivity contribution >= 4 is 0 Å². The summed E-state index contributed by atoms with van der Waals surface area (Å²) in [7, 11) is 3.81. The Morgan fingerprint density at radius 2 is 2.07 bits per heavy atom. The molecule has 0 aromatic heterocycles. The first-order valence-corrected chi connectivity index (χ1v) is 5.56. The molecule has 3 unspecified atom stereocenters. The molecule has 0 heterocycles. The van der Waals surface area contributed by atoms with Crippen molar-refractivity contribution in [1.82, 2.24) is 4.90 Å². The minimum absolute atomic E-state index is 0.141. The van der Waals surface area contributed by atoms with Gasteiger partial charge in [-0.15, -0.1) is 0 Å². The third-order valence-electron chi connectivity index (χ3n) is 3.21. The smallest absolute Gasteiger partial charge is 0.0695 e. The van der Waals surface area contributed by atoms with Crippen LogP contribution in [0, 0.1) is 0 Å². The highest BCUT2D eigenvalue weighted by Crippen LogP contribution is 2.22. The van der Waals surface area contributed by atoms with Crippen LogP contribution < -0.4 is 0 Å². The molecule has 84 valence electrons. The molecule has 0 aliphatic heterocycles. The molecule has 1 saturated carbocycles. The lowest BCUT2D eigenvalue weighted by atomic mass is 9.91. The maximum Gasteiger partial charge on any atom is 0.0695 e. The summed E-state index contributed by atoms with van der Waals surface area (Å²) in [5.74, 6) is 0. The van der Waals surface area contributed by atoms with Gasteiger partial charge < -0.3 is 9.84 Å². The number of hydrogen-bond acceptors (Lipinski definition) is 3. The van der Waals surface area contributed by atoms with E-state index in [4.69, 9.17) is 4.74 Å². The van der Waals surface area contributed by atoms with E-state index >= 15 is 0 Å². The number of aliphatic hydroxyl groups excluding tert-OH is 1. The maximum absolute atomic E-state index is 9.84. The first-order valence-electron chi connectivity index (χ1n) is 5.56. The molecule has 0 radical (unpaired) electrons. The zero-order chi connectivity index (χ0) is 10.6. The van der Waals surface area contributed by atoms with Gasteiger partial charge in [-0.3, -0.25) is 4.90 Å². The summed E-state index contributed by atoms with van der Waals surface area (Å²) >= 11 is 0. The second kappa shape index (κ2) is 5.69. The standard InChI is InChI=1S/C11H23NO2/c1-9(14-3)8-12(2)10-6-4-5-7-11(10)13/h9-11,13H,4-8H2,1-3H3.